The largest absolute Gasteiger partial charge is 0.370 e. The fourth-order valence-corrected chi connectivity index (χ4v) is 3.78. The molecule has 1 aromatic heterocycles. The van der Waals surface area contributed by atoms with Crippen LogP contribution in [0.1, 0.15) is 47.3 Å². The number of nitrogens with zero attached hydrogens (tertiary/aromatic N) is 3. The summed E-state index contributed by atoms with van der Waals surface area (Å²) >= 11 is 0. The minimum Gasteiger partial charge on any atom is -0.370 e. The Hall–Kier alpha value is -2.48. The van der Waals surface area contributed by atoms with E-state index in [4.69, 9.17) is 0 Å². The quantitative estimate of drug-likeness (QED) is 0.783. The van der Waals surface area contributed by atoms with Crippen LogP contribution >= 0.6 is 0 Å². The second kappa shape index (κ2) is 5.02. The Morgan fingerprint density at radius 2 is 2.00 bits per heavy atom. The van der Waals surface area contributed by atoms with E-state index in [1.54, 1.807) is 12.3 Å². The van der Waals surface area contributed by atoms with Crippen molar-refractivity contribution >= 4 is 17.8 Å². The topological polar surface area (TPSA) is 74.1 Å². The summed E-state index contributed by atoms with van der Waals surface area (Å²) in [7, 11) is 0. The third-order valence-electron chi connectivity index (χ3n) is 5.46. The summed E-state index contributed by atoms with van der Waals surface area (Å²) in [5.41, 5.74) is 3.43. The number of fused-ring (bicyclic) bond motifs is 1. The van der Waals surface area contributed by atoms with Crippen LogP contribution in [0.15, 0.2) is 17.8 Å². The highest BCUT2D eigenvalue weighted by Gasteiger charge is 2.45. The van der Waals surface area contributed by atoms with Crippen LogP contribution in [0.2, 0.25) is 0 Å². The van der Waals surface area contributed by atoms with E-state index in [-0.39, 0.29) is 17.8 Å². The lowest BCUT2D eigenvalue weighted by atomic mass is 9.86. The van der Waals surface area contributed by atoms with E-state index in [0.717, 1.165) is 37.1 Å². The zero-order chi connectivity index (χ0) is 16.0. The van der Waals surface area contributed by atoms with Crippen molar-refractivity contribution in [2.24, 2.45) is 5.41 Å². The highest BCUT2D eigenvalue weighted by atomic mass is 16.1. The van der Waals surface area contributed by atoms with Gasteiger partial charge >= 0.3 is 0 Å². The molecule has 5 heteroatoms. The van der Waals surface area contributed by atoms with Crippen LogP contribution in [0.3, 0.4) is 0 Å². The molecule has 1 aliphatic heterocycles. The van der Waals surface area contributed by atoms with Crippen LogP contribution in [0, 0.1) is 16.7 Å². The smallest absolute Gasteiger partial charge is 0.179 e. The molecule has 4 rings (SSSR count). The third-order valence-corrected chi connectivity index (χ3v) is 5.46. The maximum Gasteiger partial charge on any atom is 0.179 e. The normalized spacial score (nSPS) is 21.9. The van der Waals surface area contributed by atoms with Gasteiger partial charge in [-0.15, -0.1) is 0 Å². The number of Topliss-reactive ketones (excluding diaryl/α,β-unsaturated/α-hetero) is 1. The van der Waals surface area contributed by atoms with Crippen molar-refractivity contribution in [2.75, 3.05) is 13.1 Å². The molecule has 2 heterocycles. The number of hydrogen-bond donors (Lipinski definition) is 0. The summed E-state index contributed by atoms with van der Waals surface area (Å²) in [6, 6.07) is 3.81. The molecule has 0 radical (unpaired) electrons. The highest BCUT2D eigenvalue weighted by Crippen LogP contribution is 2.54. The lowest BCUT2D eigenvalue weighted by molar-refractivity contribution is -0.114. The number of pyridine rings is 1. The van der Waals surface area contributed by atoms with Crippen LogP contribution < -0.4 is 0 Å². The minimum atomic E-state index is -0.151. The molecule has 23 heavy (non-hydrogen) atoms. The molecule has 0 N–H and O–H groups in total. The molecule has 1 spiro atoms. The van der Waals surface area contributed by atoms with Crippen molar-refractivity contribution in [1.29, 1.82) is 5.26 Å². The Morgan fingerprint density at radius 1 is 1.26 bits per heavy atom. The molecule has 0 aromatic carbocycles. The summed E-state index contributed by atoms with van der Waals surface area (Å²) in [5, 5.41) is 9.49. The molecule has 0 atom stereocenters. The molecule has 3 aliphatic rings. The predicted molar refractivity (Wildman–Crippen MR) is 83.3 cm³/mol. The average Bonchev–Trinajstić information content (AvgIpc) is 3.33. The zero-order valence-corrected chi connectivity index (χ0v) is 12.8. The van der Waals surface area contributed by atoms with Gasteiger partial charge in [-0.3, -0.25) is 14.6 Å². The van der Waals surface area contributed by atoms with E-state index >= 15 is 0 Å². The van der Waals surface area contributed by atoms with Crippen LogP contribution in [0.4, 0.5) is 0 Å². The monoisotopic (exact) mass is 307 g/mol. The predicted octanol–water partition coefficient (Wildman–Crippen LogP) is 2.13. The third kappa shape index (κ3) is 2.26. The van der Waals surface area contributed by atoms with Gasteiger partial charge in [0.15, 0.2) is 12.1 Å². The van der Waals surface area contributed by atoms with Crippen LogP contribution in [0.25, 0.3) is 5.70 Å². The number of carbonyl (C=O) groups is 2. The number of piperidine rings is 1. The number of aromatic nitrogens is 1. The molecule has 2 fully saturated rings. The first kappa shape index (κ1) is 14.1. The van der Waals surface area contributed by atoms with Gasteiger partial charge in [0.05, 0.1) is 5.70 Å². The van der Waals surface area contributed by atoms with Gasteiger partial charge in [-0.05, 0) is 42.7 Å². The number of rotatable bonds is 2. The number of nitriles is 1. The summed E-state index contributed by atoms with van der Waals surface area (Å²) in [6.45, 7) is 1.73. The molecule has 1 aromatic rings. The lowest BCUT2D eigenvalue weighted by Gasteiger charge is -2.37. The Bertz CT molecular complexity index is 774. The SMILES string of the molecule is N#CC1=C(N2CCC3(CC2)CC3)c2cc(C=O)ncc2CC1=O. The number of aldehydes is 1. The van der Waals surface area contributed by atoms with Gasteiger partial charge in [-0.25, -0.2) is 0 Å². The van der Waals surface area contributed by atoms with E-state index in [0.29, 0.717) is 23.1 Å². The minimum absolute atomic E-state index is 0.151. The van der Waals surface area contributed by atoms with E-state index in [1.807, 2.05) is 0 Å². The van der Waals surface area contributed by atoms with Crippen molar-refractivity contribution in [3.63, 3.8) is 0 Å². The van der Waals surface area contributed by atoms with Crippen LogP contribution in [0.5, 0.6) is 0 Å². The molecule has 116 valence electrons. The Kier molecular flexibility index (Phi) is 3.08. The first-order valence-electron chi connectivity index (χ1n) is 8.03. The average molecular weight is 307 g/mol. The number of ketones is 1. The molecule has 2 aliphatic carbocycles. The summed E-state index contributed by atoms with van der Waals surface area (Å²) in [6.07, 6.45) is 7.33. The van der Waals surface area contributed by atoms with Gasteiger partial charge in [0, 0.05) is 31.3 Å². The van der Waals surface area contributed by atoms with E-state index in [9.17, 15) is 14.9 Å². The molecule has 5 nitrogen and oxygen atoms in total. The standard InChI is InChI=1S/C18H17N3O2/c19-9-15-16(23)7-12-10-20-13(11-22)8-14(12)17(15)21-5-3-18(1-2-18)4-6-21/h8,10-11H,1-7H2. The summed E-state index contributed by atoms with van der Waals surface area (Å²) in [4.78, 5) is 29.6. The lowest BCUT2D eigenvalue weighted by Crippen LogP contribution is -2.36. The van der Waals surface area contributed by atoms with E-state index < -0.39 is 0 Å². The van der Waals surface area contributed by atoms with Crippen molar-refractivity contribution in [3.8, 4) is 6.07 Å². The van der Waals surface area contributed by atoms with Gasteiger partial charge in [0.2, 0.25) is 0 Å². The van der Waals surface area contributed by atoms with E-state index in [1.165, 1.54) is 12.8 Å². The molecule has 1 saturated heterocycles. The van der Waals surface area contributed by atoms with Crippen molar-refractivity contribution in [1.82, 2.24) is 9.88 Å². The molecular formula is C18H17N3O2. The Morgan fingerprint density at radius 3 is 2.61 bits per heavy atom. The van der Waals surface area contributed by atoms with Crippen molar-refractivity contribution < 1.29 is 9.59 Å². The first-order chi connectivity index (χ1) is 11.2. The van der Waals surface area contributed by atoms with Gasteiger partial charge in [-0.2, -0.15) is 5.26 Å². The van der Waals surface area contributed by atoms with Crippen LogP contribution in [-0.2, 0) is 11.2 Å². The molecule has 0 amide bonds. The second-order valence-corrected chi connectivity index (χ2v) is 6.81. The molecular weight excluding hydrogens is 290 g/mol. The van der Waals surface area contributed by atoms with E-state index in [2.05, 4.69) is 16.0 Å². The second-order valence-electron chi connectivity index (χ2n) is 6.81. The van der Waals surface area contributed by atoms with Gasteiger partial charge in [0.1, 0.15) is 17.3 Å². The maximum absolute atomic E-state index is 12.3. The fourth-order valence-electron chi connectivity index (χ4n) is 3.78. The number of allylic oxidation sites excluding steroid dienone is 1. The Balaban J connectivity index is 1.79. The van der Waals surface area contributed by atoms with Gasteiger partial charge in [-0.1, -0.05) is 0 Å². The number of carbonyl (C=O) groups excluding carboxylic acids is 2. The van der Waals surface area contributed by atoms with Gasteiger partial charge in [0.25, 0.3) is 0 Å². The number of hydrogen-bond acceptors (Lipinski definition) is 5. The van der Waals surface area contributed by atoms with Gasteiger partial charge < -0.3 is 4.90 Å². The van der Waals surface area contributed by atoms with Crippen molar-refractivity contribution in [3.05, 3.63) is 34.7 Å². The molecule has 1 saturated carbocycles. The molecule has 0 unspecified atom stereocenters. The maximum atomic E-state index is 12.3. The van der Waals surface area contributed by atoms with Crippen LogP contribution in [-0.4, -0.2) is 35.0 Å². The first-order valence-corrected chi connectivity index (χ1v) is 8.03. The zero-order valence-electron chi connectivity index (χ0n) is 12.8. The van der Waals surface area contributed by atoms with Crippen molar-refractivity contribution in [2.45, 2.75) is 32.1 Å². The number of likely N-dealkylation sites (tertiary alicyclic amines) is 1. The Labute approximate surface area is 134 Å². The fraction of sp³-hybridized carbons (Fsp3) is 0.444. The summed E-state index contributed by atoms with van der Waals surface area (Å²) in [5.74, 6) is -0.151. The highest BCUT2D eigenvalue weighted by molar-refractivity contribution is 6.10. The summed E-state index contributed by atoms with van der Waals surface area (Å²) < 4.78 is 0. The molecule has 0 bridgehead atoms.